The molecule has 0 amide bonds. The van der Waals surface area contributed by atoms with Crippen LogP contribution in [0.3, 0.4) is 0 Å². The molecule has 0 spiro atoms. The normalized spacial score (nSPS) is 12.2. The fourth-order valence-electron chi connectivity index (χ4n) is 1.11. The molecule has 0 aliphatic rings. The van der Waals surface area contributed by atoms with Gasteiger partial charge in [-0.1, -0.05) is 11.8 Å². The Labute approximate surface area is 90.7 Å². The van der Waals surface area contributed by atoms with Gasteiger partial charge < -0.3 is 0 Å². The number of thioether (sulfide) groups is 1. The van der Waals surface area contributed by atoms with E-state index < -0.39 is 17.6 Å². The summed E-state index contributed by atoms with van der Waals surface area (Å²) in [6, 6.07) is 0.731. The first kappa shape index (κ1) is 11.0. The molecule has 0 saturated heterocycles. The highest BCUT2D eigenvalue weighted by atomic mass is 32.2. The Kier molecular flexibility index (Phi) is 2.41. The number of rotatable bonds is 1. The summed E-state index contributed by atoms with van der Waals surface area (Å²) in [7, 11) is 0. The zero-order valence-electron chi connectivity index (χ0n) is 7.87. The van der Waals surface area contributed by atoms with Crippen molar-refractivity contribution in [2.24, 2.45) is 0 Å². The molecular formula is C7H5F3N4OS. The van der Waals surface area contributed by atoms with Gasteiger partial charge in [-0.3, -0.25) is 4.98 Å². The number of fused-ring (bicyclic) bond motifs is 1. The van der Waals surface area contributed by atoms with Crippen LogP contribution >= 0.6 is 11.8 Å². The Hall–Kier alpha value is -1.51. The SMILES string of the molecule is CSc1nc2cc(C(F)(F)F)nn2c(=O)[nH]1. The lowest BCUT2D eigenvalue weighted by Crippen LogP contribution is -2.19. The van der Waals surface area contributed by atoms with Crippen molar-refractivity contribution >= 4 is 17.4 Å². The van der Waals surface area contributed by atoms with Crippen molar-refractivity contribution in [1.29, 1.82) is 0 Å². The van der Waals surface area contributed by atoms with Gasteiger partial charge in [-0.05, 0) is 6.26 Å². The molecule has 86 valence electrons. The Morgan fingerprint density at radius 1 is 1.50 bits per heavy atom. The predicted molar refractivity (Wildman–Crippen MR) is 50.4 cm³/mol. The third-order valence-electron chi connectivity index (χ3n) is 1.80. The van der Waals surface area contributed by atoms with Gasteiger partial charge in [0.05, 0.1) is 0 Å². The Morgan fingerprint density at radius 3 is 2.75 bits per heavy atom. The van der Waals surface area contributed by atoms with Crippen LogP contribution in [0.4, 0.5) is 13.2 Å². The van der Waals surface area contributed by atoms with Crippen LogP contribution in [0.2, 0.25) is 0 Å². The summed E-state index contributed by atoms with van der Waals surface area (Å²) in [5, 5.41) is 3.38. The van der Waals surface area contributed by atoms with Crippen molar-refractivity contribution in [3.8, 4) is 0 Å². The molecule has 5 nitrogen and oxygen atoms in total. The van der Waals surface area contributed by atoms with E-state index in [9.17, 15) is 18.0 Å². The van der Waals surface area contributed by atoms with Gasteiger partial charge in [-0.25, -0.2) is 9.78 Å². The largest absolute Gasteiger partial charge is 0.435 e. The summed E-state index contributed by atoms with van der Waals surface area (Å²) < 4.78 is 37.5. The number of H-pyrrole nitrogens is 1. The fraction of sp³-hybridized carbons (Fsp3) is 0.286. The van der Waals surface area contributed by atoms with Crippen molar-refractivity contribution in [3.63, 3.8) is 0 Å². The van der Waals surface area contributed by atoms with E-state index in [1.165, 1.54) is 0 Å². The molecule has 0 bridgehead atoms. The summed E-state index contributed by atoms with van der Waals surface area (Å²) >= 11 is 1.13. The van der Waals surface area contributed by atoms with Crippen LogP contribution in [-0.4, -0.2) is 25.8 Å². The molecule has 0 fully saturated rings. The van der Waals surface area contributed by atoms with Gasteiger partial charge in [-0.15, -0.1) is 0 Å². The average molecular weight is 250 g/mol. The molecule has 2 heterocycles. The number of alkyl halides is 3. The van der Waals surface area contributed by atoms with E-state index in [0.29, 0.717) is 4.52 Å². The quantitative estimate of drug-likeness (QED) is 0.771. The van der Waals surface area contributed by atoms with E-state index in [1.807, 2.05) is 0 Å². The molecule has 0 unspecified atom stereocenters. The maximum Gasteiger partial charge on any atom is 0.435 e. The van der Waals surface area contributed by atoms with E-state index in [4.69, 9.17) is 0 Å². The van der Waals surface area contributed by atoms with Crippen molar-refractivity contribution < 1.29 is 13.2 Å². The van der Waals surface area contributed by atoms with Gasteiger partial charge in [0.2, 0.25) is 0 Å². The van der Waals surface area contributed by atoms with E-state index in [2.05, 4.69) is 15.1 Å². The van der Waals surface area contributed by atoms with Gasteiger partial charge in [0.15, 0.2) is 16.5 Å². The smallest absolute Gasteiger partial charge is 0.285 e. The number of hydrogen-bond donors (Lipinski definition) is 1. The monoisotopic (exact) mass is 250 g/mol. The number of aromatic amines is 1. The van der Waals surface area contributed by atoms with E-state index in [1.54, 1.807) is 6.26 Å². The van der Waals surface area contributed by atoms with E-state index in [-0.39, 0.29) is 10.8 Å². The molecular weight excluding hydrogens is 245 g/mol. The van der Waals surface area contributed by atoms with Crippen LogP contribution in [-0.2, 0) is 6.18 Å². The van der Waals surface area contributed by atoms with E-state index >= 15 is 0 Å². The van der Waals surface area contributed by atoms with Crippen molar-refractivity contribution in [2.75, 3.05) is 6.26 Å². The molecule has 0 atom stereocenters. The summed E-state index contributed by atoms with van der Waals surface area (Å²) in [5.74, 6) is 0. The van der Waals surface area contributed by atoms with Gasteiger partial charge in [-0.2, -0.15) is 22.8 Å². The second-order valence-electron chi connectivity index (χ2n) is 2.85. The fourth-order valence-corrected chi connectivity index (χ4v) is 1.49. The maximum absolute atomic E-state index is 12.3. The zero-order valence-corrected chi connectivity index (χ0v) is 8.69. The minimum absolute atomic E-state index is 0.125. The lowest BCUT2D eigenvalue weighted by atomic mass is 10.4. The molecule has 2 aromatic heterocycles. The third kappa shape index (κ3) is 1.77. The zero-order chi connectivity index (χ0) is 11.9. The summed E-state index contributed by atoms with van der Waals surface area (Å²) in [6.45, 7) is 0. The number of nitrogens with zero attached hydrogens (tertiary/aromatic N) is 3. The Bertz CT molecular complexity index is 587. The lowest BCUT2D eigenvalue weighted by Gasteiger charge is -1.98. The first-order valence-electron chi connectivity index (χ1n) is 4.03. The molecule has 16 heavy (non-hydrogen) atoms. The van der Waals surface area contributed by atoms with Gasteiger partial charge >= 0.3 is 11.9 Å². The number of aromatic nitrogens is 4. The molecule has 0 aliphatic heterocycles. The summed E-state index contributed by atoms with van der Waals surface area (Å²) in [4.78, 5) is 17.4. The first-order valence-corrected chi connectivity index (χ1v) is 5.25. The minimum atomic E-state index is -4.58. The predicted octanol–water partition coefficient (Wildman–Crippen LogP) is 1.16. The highest BCUT2D eigenvalue weighted by Gasteiger charge is 2.34. The number of hydrogen-bond acceptors (Lipinski definition) is 4. The second-order valence-corrected chi connectivity index (χ2v) is 3.64. The van der Waals surface area contributed by atoms with Crippen LogP contribution in [0.25, 0.3) is 5.65 Å². The average Bonchev–Trinajstić information content (AvgIpc) is 2.61. The molecule has 0 radical (unpaired) electrons. The molecule has 2 aromatic rings. The van der Waals surface area contributed by atoms with Crippen molar-refractivity contribution in [1.82, 2.24) is 19.6 Å². The molecule has 2 rings (SSSR count). The Morgan fingerprint density at radius 2 is 2.19 bits per heavy atom. The van der Waals surface area contributed by atoms with Gasteiger partial charge in [0, 0.05) is 6.07 Å². The summed E-state index contributed by atoms with van der Waals surface area (Å²) in [6.07, 6.45) is -2.94. The number of nitrogens with one attached hydrogen (secondary N) is 1. The standard InChI is InChI=1S/C7H5F3N4OS/c1-16-5-11-4-2-3(7(8,9)10)13-14(4)6(15)12-5/h2H,1H3,(H,11,12,15). The van der Waals surface area contributed by atoms with Crippen LogP contribution in [0, 0.1) is 0 Å². The second kappa shape index (κ2) is 3.51. The van der Waals surface area contributed by atoms with Crippen molar-refractivity contribution in [3.05, 3.63) is 22.2 Å². The topological polar surface area (TPSA) is 63.1 Å². The van der Waals surface area contributed by atoms with Crippen LogP contribution in [0.15, 0.2) is 16.0 Å². The molecule has 9 heteroatoms. The van der Waals surface area contributed by atoms with Gasteiger partial charge in [0.25, 0.3) is 0 Å². The van der Waals surface area contributed by atoms with E-state index in [0.717, 1.165) is 17.8 Å². The first-order chi connectivity index (χ1) is 7.41. The maximum atomic E-state index is 12.3. The summed E-state index contributed by atoms with van der Waals surface area (Å²) in [5.41, 5.74) is -2.01. The molecule has 0 aromatic carbocycles. The Balaban J connectivity index is 2.71. The molecule has 1 N–H and O–H groups in total. The van der Waals surface area contributed by atoms with Crippen LogP contribution in [0.1, 0.15) is 5.69 Å². The number of halogens is 3. The van der Waals surface area contributed by atoms with Gasteiger partial charge in [0.1, 0.15) is 0 Å². The highest BCUT2D eigenvalue weighted by molar-refractivity contribution is 7.98. The highest BCUT2D eigenvalue weighted by Crippen LogP contribution is 2.28. The van der Waals surface area contributed by atoms with Crippen LogP contribution in [0.5, 0.6) is 0 Å². The lowest BCUT2D eigenvalue weighted by molar-refractivity contribution is -0.141. The third-order valence-corrected chi connectivity index (χ3v) is 2.38. The molecule has 0 saturated carbocycles. The van der Waals surface area contributed by atoms with Crippen LogP contribution < -0.4 is 5.69 Å². The minimum Gasteiger partial charge on any atom is -0.285 e. The van der Waals surface area contributed by atoms with Crippen molar-refractivity contribution in [2.45, 2.75) is 11.3 Å². The molecule has 0 aliphatic carbocycles.